The fraction of sp³-hybridized carbons (Fsp3) is 0.538. The van der Waals surface area contributed by atoms with E-state index >= 15 is 0 Å². The van der Waals surface area contributed by atoms with Gasteiger partial charge in [0.15, 0.2) is 0 Å². The molecule has 1 N–H and O–H groups in total. The molecule has 0 atom stereocenters. The van der Waals surface area contributed by atoms with E-state index in [-0.39, 0.29) is 11.8 Å². The van der Waals surface area contributed by atoms with Crippen LogP contribution in [0.1, 0.15) is 16.9 Å². The van der Waals surface area contributed by atoms with Gasteiger partial charge in [-0.05, 0) is 12.1 Å². The highest BCUT2D eigenvalue weighted by molar-refractivity contribution is 5.93. The van der Waals surface area contributed by atoms with Crippen LogP contribution >= 0.6 is 0 Å². The van der Waals surface area contributed by atoms with E-state index in [1.54, 1.807) is 18.1 Å². The molecule has 1 aromatic heterocycles. The number of hydrogen-bond acceptors (Lipinski definition) is 3. The maximum absolute atomic E-state index is 12.4. The minimum absolute atomic E-state index is 0.00469. The van der Waals surface area contributed by atoms with E-state index in [4.69, 9.17) is 4.74 Å². The van der Waals surface area contributed by atoms with Crippen molar-refractivity contribution < 1.29 is 14.3 Å². The second kappa shape index (κ2) is 6.38. The van der Waals surface area contributed by atoms with Gasteiger partial charge in [-0.1, -0.05) is 0 Å². The van der Waals surface area contributed by atoms with Crippen molar-refractivity contribution in [2.75, 3.05) is 33.4 Å². The molecule has 1 aromatic rings. The molecule has 1 aliphatic rings. The summed E-state index contributed by atoms with van der Waals surface area (Å²) >= 11 is 0. The zero-order valence-corrected chi connectivity index (χ0v) is 11.1. The van der Waals surface area contributed by atoms with Crippen molar-refractivity contribution in [3.8, 4) is 0 Å². The predicted octanol–water partition coefficient (Wildman–Crippen LogP) is 0.0966. The van der Waals surface area contributed by atoms with Gasteiger partial charge >= 0.3 is 0 Å². The number of carbonyl (C=O) groups is 2. The Morgan fingerprint density at radius 1 is 1.47 bits per heavy atom. The molecule has 6 nitrogen and oxygen atoms in total. The number of aromatic nitrogens is 1. The number of methoxy groups -OCH3 is 1. The molecule has 1 fully saturated rings. The number of ether oxygens (including phenoxy) is 1. The molecule has 0 spiro atoms. The van der Waals surface area contributed by atoms with Crippen molar-refractivity contribution in [1.29, 1.82) is 0 Å². The second-order valence-corrected chi connectivity index (χ2v) is 4.47. The molecule has 6 heteroatoms. The van der Waals surface area contributed by atoms with Gasteiger partial charge in [0.1, 0.15) is 5.69 Å². The van der Waals surface area contributed by atoms with Crippen molar-refractivity contribution in [1.82, 2.24) is 14.8 Å². The Labute approximate surface area is 112 Å². The lowest BCUT2D eigenvalue weighted by Crippen LogP contribution is -2.35. The van der Waals surface area contributed by atoms with Gasteiger partial charge in [-0.2, -0.15) is 0 Å². The van der Waals surface area contributed by atoms with Crippen molar-refractivity contribution in [3.63, 3.8) is 0 Å². The highest BCUT2D eigenvalue weighted by atomic mass is 16.5. The molecule has 1 aliphatic heterocycles. The van der Waals surface area contributed by atoms with Crippen LogP contribution in [0.15, 0.2) is 18.3 Å². The van der Waals surface area contributed by atoms with E-state index < -0.39 is 0 Å². The molecular weight excluding hydrogens is 246 g/mol. The van der Waals surface area contributed by atoms with E-state index in [9.17, 15) is 9.59 Å². The maximum Gasteiger partial charge on any atom is 0.270 e. The number of amides is 2. The lowest BCUT2D eigenvalue weighted by molar-refractivity contribution is -0.120. The van der Waals surface area contributed by atoms with Gasteiger partial charge < -0.3 is 19.5 Å². The molecule has 2 rings (SSSR count). The van der Waals surface area contributed by atoms with Crippen molar-refractivity contribution in [3.05, 3.63) is 24.0 Å². The van der Waals surface area contributed by atoms with E-state index in [1.165, 1.54) is 0 Å². The fourth-order valence-corrected chi connectivity index (χ4v) is 2.12. The fourth-order valence-electron chi connectivity index (χ4n) is 2.12. The Hall–Kier alpha value is -1.82. The lowest BCUT2D eigenvalue weighted by Gasteiger charge is -2.20. The Morgan fingerprint density at radius 3 is 3.11 bits per heavy atom. The van der Waals surface area contributed by atoms with Crippen molar-refractivity contribution >= 4 is 11.8 Å². The molecule has 19 heavy (non-hydrogen) atoms. The van der Waals surface area contributed by atoms with Gasteiger partial charge in [0.25, 0.3) is 5.91 Å². The summed E-state index contributed by atoms with van der Waals surface area (Å²) in [4.78, 5) is 25.4. The van der Waals surface area contributed by atoms with Crippen LogP contribution in [0, 0.1) is 0 Å². The third kappa shape index (κ3) is 3.35. The molecule has 104 valence electrons. The molecule has 0 bridgehead atoms. The smallest absolute Gasteiger partial charge is 0.270 e. The van der Waals surface area contributed by atoms with Gasteiger partial charge in [0, 0.05) is 45.9 Å². The van der Waals surface area contributed by atoms with Gasteiger partial charge in [0.05, 0.1) is 6.61 Å². The molecular formula is C13H19N3O3. The lowest BCUT2D eigenvalue weighted by atomic mass is 10.3. The number of nitrogens with one attached hydrogen (secondary N) is 1. The molecule has 2 amide bonds. The predicted molar refractivity (Wildman–Crippen MR) is 69.8 cm³/mol. The van der Waals surface area contributed by atoms with E-state index in [0.717, 1.165) is 0 Å². The zero-order chi connectivity index (χ0) is 13.7. The monoisotopic (exact) mass is 265 g/mol. The molecule has 2 heterocycles. The Morgan fingerprint density at radius 2 is 2.32 bits per heavy atom. The van der Waals surface area contributed by atoms with Crippen LogP contribution in [0.3, 0.4) is 0 Å². The van der Waals surface area contributed by atoms with E-state index in [2.05, 4.69) is 5.32 Å². The first-order valence-electron chi connectivity index (χ1n) is 6.42. The largest absolute Gasteiger partial charge is 0.383 e. The Bertz CT molecular complexity index is 456. The summed E-state index contributed by atoms with van der Waals surface area (Å²) in [6, 6.07) is 3.66. The summed E-state index contributed by atoms with van der Waals surface area (Å²) in [6.07, 6.45) is 2.23. The first-order valence-corrected chi connectivity index (χ1v) is 6.42. The second-order valence-electron chi connectivity index (χ2n) is 4.47. The summed E-state index contributed by atoms with van der Waals surface area (Å²) < 4.78 is 6.91. The third-order valence-electron chi connectivity index (χ3n) is 3.18. The summed E-state index contributed by atoms with van der Waals surface area (Å²) in [6.45, 7) is 2.76. The summed E-state index contributed by atoms with van der Waals surface area (Å²) in [5.74, 6) is -0.0253. The minimum Gasteiger partial charge on any atom is -0.383 e. The van der Waals surface area contributed by atoms with Crippen LogP contribution in [-0.4, -0.2) is 54.6 Å². The average Bonchev–Trinajstić information content (AvgIpc) is 2.77. The summed E-state index contributed by atoms with van der Waals surface area (Å²) in [5.41, 5.74) is 0.645. The van der Waals surface area contributed by atoms with Gasteiger partial charge in [-0.3, -0.25) is 9.59 Å². The number of rotatable bonds is 4. The van der Waals surface area contributed by atoms with Crippen LogP contribution in [0.2, 0.25) is 0 Å². The van der Waals surface area contributed by atoms with Gasteiger partial charge in [-0.25, -0.2) is 0 Å². The number of hydrogen-bond donors (Lipinski definition) is 1. The van der Waals surface area contributed by atoms with E-state index in [1.807, 2.05) is 16.8 Å². The standard InChI is InChI=1S/C13H19N3O3/c1-19-10-9-15-6-2-3-11(15)13(18)16-7-4-12(17)14-5-8-16/h2-3,6H,4-5,7-10H2,1H3,(H,14,17). The normalized spacial score (nSPS) is 16.1. The van der Waals surface area contributed by atoms with Crippen LogP contribution in [0.5, 0.6) is 0 Å². The summed E-state index contributed by atoms with van der Waals surface area (Å²) in [5, 5.41) is 2.76. The SMILES string of the molecule is COCCn1cccc1C(=O)N1CCNC(=O)CC1. The quantitative estimate of drug-likeness (QED) is 0.839. The van der Waals surface area contributed by atoms with Crippen LogP contribution in [-0.2, 0) is 16.1 Å². The number of carbonyl (C=O) groups excluding carboxylic acids is 2. The first-order chi connectivity index (χ1) is 9.22. The molecule has 0 aromatic carbocycles. The summed E-state index contributed by atoms with van der Waals surface area (Å²) in [7, 11) is 1.64. The van der Waals surface area contributed by atoms with Gasteiger partial charge in [-0.15, -0.1) is 0 Å². The highest BCUT2D eigenvalue weighted by Gasteiger charge is 2.21. The third-order valence-corrected chi connectivity index (χ3v) is 3.18. The molecule has 0 aliphatic carbocycles. The molecule has 0 saturated carbocycles. The van der Waals surface area contributed by atoms with Crippen LogP contribution in [0.4, 0.5) is 0 Å². The Kier molecular flexibility index (Phi) is 4.57. The van der Waals surface area contributed by atoms with Crippen LogP contribution < -0.4 is 5.32 Å². The maximum atomic E-state index is 12.4. The van der Waals surface area contributed by atoms with Crippen molar-refractivity contribution in [2.24, 2.45) is 0 Å². The first kappa shape index (κ1) is 13.6. The van der Waals surface area contributed by atoms with E-state index in [0.29, 0.717) is 44.9 Å². The van der Waals surface area contributed by atoms with Gasteiger partial charge in [0.2, 0.25) is 5.91 Å². The topological polar surface area (TPSA) is 63.6 Å². The molecule has 0 radical (unpaired) electrons. The van der Waals surface area contributed by atoms with Crippen LogP contribution in [0.25, 0.3) is 0 Å². The minimum atomic E-state index is -0.0300. The Balaban J connectivity index is 2.06. The zero-order valence-electron chi connectivity index (χ0n) is 11.1. The number of nitrogens with zero attached hydrogens (tertiary/aromatic N) is 2. The highest BCUT2D eigenvalue weighted by Crippen LogP contribution is 2.09. The molecule has 1 saturated heterocycles. The molecule has 0 unspecified atom stereocenters. The van der Waals surface area contributed by atoms with Crippen molar-refractivity contribution in [2.45, 2.75) is 13.0 Å². The average molecular weight is 265 g/mol.